The molecular formula is C24H32N2O. The Balaban J connectivity index is 1.55. The van der Waals surface area contributed by atoms with E-state index in [1.165, 1.54) is 11.1 Å². The Labute approximate surface area is 163 Å². The monoisotopic (exact) mass is 364 g/mol. The minimum atomic E-state index is 0.111. The van der Waals surface area contributed by atoms with Gasteiger partial charge in [-0.1, -0.05) is 63.3 Å². The lowest BCUT2D eigenvalue weighted by Crippen LogP contribution is -2.38. The molecule has 3 nitrogen and oxygen atoms in total. The van der Waals surface area contributed by atoms with Crippen molar-refractivity contribution in [2.75, 3.05) is 6.54 Å². The number of aliphatic imine (C=N–C) groups is 1. The first-order chi connectivity index (χ1) is 12.8. The third-order valence-corrected chi connectivity index (χ3v) is 5.58. The second-order valence-corrected chi connectivity index (χ2v) is 8.95. The Morgan fingerprint density at radius 2 is 1.96 bits per heavy atom. The zero-order valence-electron chi connectivity index (χ0n) is 16.9. The van der Waals surface area contributed by atoms with Crippen LogP contribution in [0.4, 0.5) is 0 Å². The van der Waals surface area contributed by atoms with Crippen LogP contribution in [0.1, 0.15) is 63.5 Å². The van der Waals surface area contributed by atoms with Crippen LogP contribution in [-0.2, 0) is 10.2 Å². The number of amides is 1. The van der Waals surface area contributed by atoms with Crippen LogP contribution < -0.4 is 5.32 Å². The van der Waals surface area contributed by atoms with E-state index >= 15 is 0 Å². The highest BCUT2D eigenvalue weighted by atomic mass is 16.2. The second kappa shape index (κ2) is 8.24. The maximum absolute atomic E-state index is 12.7. The Hall–Kier alpha value is -2.16. The molecule has 0 radical (unpaired) electrons. The standard InChI is InChI=1S/C24H32N2O/c1-17-7-5-9-20(16-25-14-6-8-17)26-23(27)22-15-21(22)18-10-12-19(13-11-18)24(2,3)4/h6,8,10-14,20-22H,1,5,7,9,15-16H2,2-4H3,(H,26,27)/b8-6-,25-14-. The van der Waals surface area contributed by atoms with Gasteiger partial charge in [-0.25, -0.2) is 0 Å². The van der Waals surface area contributed by atoms with Crippen molar-refractivity contribution >= 4 is 12.1 Å². The van der Waals surface area contributed by atoms with Crippen molar-refractivity contribution in [3.05, 3.63) is 59.7 Å². The van der Waals surface area contributed by atoms with Gasteiger partial charge < -0.3 is 5.32 Å². The van der Waals surface area contributed by atoms with Crippen LogP contribution in [0.3, 0.4) is 0 Å². The number of carbonyl (C=O) groups is 1. The topological polar surface area (TPSA) is 41.5 Å². The molecule has 3 unspecified atom stereocenters. The Kier molecular flexibility index (Phi) is 5.98. The van der Waals surface area contributed by atoms with Crippen molar-refractivity contribution in [2.45, 2.75) is 63.8 Å². The molecule has 3 rings (SSSR count). The average molecular weight is 365 g/mol. The van der Waals surface area contributed by atoms with E-state index in [-0.39, 0.29) is 23.3 Å². The Bertz CT molecular complexity index is 737. The van der Waals surface area contributed by atoms with Gasteiger partial charge in [-0.15, -0.1) is 0 Å². The third-order valence-electron chi connectivity index (χ3n) is 5.58. The van der Waals surface area contributed by atoms with Crippen LogP contribution >= 0.6 is 0 Å². The van der Waals surface area contributed by atoms with Crippen molar-refractivity contribution in [3.8, 4) is 0 Å². The van der Waals surface area contributed by atoms with Gasteiger partial charge in [-0.3, -0.25) is 9.79 Å². The summed E-state index contributed by atoms with van der Waals surface area (Å²) < 4.78 is 0. The van der Waals surface area contributed by atoms with Crippen molar-refractivity contribution in [1.29, 1.82) is 0 Å². The van der Waals surface area contributed by atoms with E-state index < -0.39 is 0 Å². The molecule has 1 heterocycles. The second-order valence-electron chi connectivity index (χ2n) is 8.95. The van der Waals surface area contributed by atoms with Crippen LogP contribution in [0, 0.1) is 5.92 Å². The first-order valence-electron chi connectivity index (χ1n) is 10.1. The summed E-state index contributed by atoms with van der Waals surface area (Å²) in [5.74, 6) is 0.663. The first-order valence-corrected chi connectivity index (χ1v) is 10.1. The summed E-state index contributed by atoms with van der Waals surface area (Å²) in [7, 11) is 0. The molecule has 0 aromatic heterocycles. The summed E-state index contributed by atoms with van der Waals surface area (Å²) in [5, 5.41) is 3.24. The fraction of sp³-hybridized carbons (Fsp3) is 0.500. The number of nitrogens with one attached hydrogen (secondary N) is 1. The van der Waals surface area contributed by atoms with E-state index in [0.29, 0.717) is 12.5 Å². The first kappa shape index (κ1) is 19.6. The lowest BCUT2D eigenvalue weighted by atomic mass is 9.86. The molecule has 3 atom stereocenters. The molecule has 0 bridgehead atoms. The molecule has 3 heteroatoms. The zero-order valence-corrected chi connectivity index (χ0v) is 16.9. The van der Waals surface area contributed by atoms with E-state index in [2.05, 4.69) is 61.9 Å². The van der Waals surface area contributed by atoms with Crippen molar-refractivity contribution < 1.29 is 4.79 Å². The fourth-order valence-electron chi connectivity index (χ4n) is 3.69. The molecular weight excluding hydrogens is 332 g/mol. The van der Waals surface area contributed by atoms with Crippen molar-refractivity contribution in [1.82, 2.24) is 5.32 Å². The Morgan fingerprint density at radius 3 is 2.67 bits per heavy atom. The number of allylic oxidation sites excluding steroid dienone is 3. The molecule has 1 fully saturated rings. The number of rotatable bonds is 3. The van der Waals surface area contributed by atoms with Crippen LogP contribution in [0.15, 0.2) is 53.6 Å². The molecule has 0 spiro atoms. The predicted molar refractivity (Wildman–Crippen MR) is 113 cm³/mol. The lowest BCUT2D eigenvalue weighted by molar-refractivity contribution is -0.123. The van der Waals surface area contributed by atoms with Gasteiger partial charge in [0.05, 0.1) is 6.54 Å². The van der Waals surface area contributed by atoms with Crippen molar-refractivity contribution in [2.24, 2.45) is 10.9 Å². The summed E-state index contributed by atoms with van der Waals surface area (Å²) in [6.07, 6.45) is 9.68. The van der Waals surface area contributed by atoms with Crippen LogP contribution in [0.2, 0.25) is 0 Å². The van der Waals surface area contributed by atoms with E-state index in [1.54, 1.807) is 0 Å². The van der Waals surface area contributed by atoms with Gasteiger partial charge in [0, 0.05) is 18.2 Å². The highest BCUT2D eigenvalue weighted by molar-refractivity contribution is 5.83. The molecule has 144 valence electrons. The van der Waals surface area contributed by atoms with Gasteiger partial charge in [-0.2, -0.15) is 0 Å². The van der Waals surface area contributed by atoms with E-state index in [1.807, 2.05) is 18.4 Å². The molecule has 1 saturated carbocycles. The van der Waals surface area contributed by atoms with Crippen molar-refractivity contribution in [3.63, 3.8) is 0 Å². The van der Waals surface area contributed by atoms with E-state index in [4.69, 9.17) is 0 Å². The maximum Gasteiger partial charge on any atom is 0.224 e. The number of hydrogen-bond donors (Lipinski definition) is 1. The third kappa shape index (κ3) is 5.41. The lowest BCUT2D eigenvalue weighted by Gasteiger charge is -2.19. The normalized spacial score (nSPS) is 28.3. The zero-order chi connectivity index (χ0) is 19.4. The summed E-state index contributed by atoms with van der Waals surface area (Å²) in [5.41, 5.74) is 3.90. The van der Waals surface area contributed by atoms with Gasteiger partial charge >= 0.3 is 0 Å². The molecule has 1 N–H and O–H groups in total. The van der Waals surface area contributed by atoms with Gasteiger partial charge in [-0.05, 0) is 54.2 Å². The number of carbonyl (C=O) groups excluding carboxylic acids is 1. The molecule has 1 aliphatic carbocycles. The Morgan fingerprint density at radius 1 is 1.22 bits per heavy atom. The van der Waals surface area contributed by atoms with E-state index in [0.717, 1.165) is 31.3 Å². The largest absolute Gasteiger partial charge is 0.351 e. The molecule has 1 aliphatic heterocycles. The quantitative estimate of drug-likeness (QED) is 0.811. The SMILES string of the molecule is C=C1/C=C\C=N/CC(NC(=O)C2CC2c2ccc(C(C)(C)C)cc2)CCC1. The summed E-state index contributed by atoms with van der Waals surface area (Å²) in [4.78, 5) is 17.1. The highest BCUT2D eigenvalue weighted by Crippen LogP contribution is 2.47. The van der Waals surface area contributed by atoms with Gasteiger partial charge in [0.1, 0.15) is 0 Å². The molecule has 1 aromatic rings. The maximum atomic E-state index is 12.7. The van der Waals surface area contributed by atoms with Gasteiger partial charge in [0.25, 0.3) is 0 Å². The summed E-state index contributed by atoms with van der Waals surface area (Å²) >= 11 is 0. The highest BCUT2D eigenvalue weighted by Gasteiger charge is 2.44. The van der Waals surface area contributed by atoms with Gasteiger partial charge in [0.15, 0.2) is 0 Å². The van der Waals surface area contributed by atoms with Crippen LogP contribution in [0.25, 0.3) is 0 Å². The summed E-state index contributed by atoms with van der Waals surface area (Å²) in [6, 6.07) is 8.93. The molecule has 0 saturated heterocycles. The smallest absolute Gasteiger partial charge is 0.224 e. The molecule has 27 heavy (non-hydrogen) atoms. The van der Waals surface area contributed by atoms with Gasteiger partial charge in [0.2, 0.25) is 5.91 Å². The summed E-state index contributed by atoms with van der Waals surface area (Å²) in [6.45, 7) is 11.4. The number of hydrogen-bond acceptors (Lipinski definition) is 2. The number of benzene rings is 1. The molecule has 2 aliphatic rings. The average Bonchev–Trinajstić information content (AvgIpc) is 3.41. The van der Waals surface area contributed by atoms with Crippen LogP contribution in [-0.4, -0.2) is 24.7 Å². The van der Waals surface area contributed by atoms with Crippen LogP contribution in [0.5, 0.6) is 0 Å². The molecule has 1 amide bonds. The minimum absolute atomic E-state index is 0.111. The minimum Gasteiger partial charge on any atom is -0.351 e. The molecule has 1 aromatic carbocycles. The predicted octanol–water partition coefficient (Wildman–Crippen LogP) is 4.94. The fourth-order valence-corrected chi connectivity index (χ4v) is 3.69. The number of nitrogens with zero attached hydrogens (tertiary/aromatic N) is 1. The van der Waals surface area contributed by atoms with E-state index in [9.17, 15) is 4.79 Å².